The molecule has 5 rings (SSSR count). The minimum Gasteiger partial charge on any atom is -0.503 e. The predicted octanol–water partition coefficient (Wildman–Crippen LogP) is 3.37. The molecule has 2 saturated carbocycles. The van der Waals surface area contributed by atoms with Gasteiger partial charge in [0.2, 0.25) is 0 Å². The quantitative estimate of drug-likeness (QED) is 0.625. The van der Waals surface area contributed by atoms with Crippen LogP contribution in [0.4, 0.5) is 4.39 Å². The fourth-order valence-electron chi connectivity index (χ4n) is 5.26. The van der Waals surface area contributed by atoms with Gasteiger partial charge in [-0.2, -0.15) is 0 Å². The van der Waals surface area contributed by atoms with Crippen molar-refractivity contribution in [2.45, 2.75) is 51.4 Å². The molecule has 3 atom stereocenters. The number of fused-ring (bicyclic) bond motifs is 1. The van der Waals surface area contributed by atoms with Crippen LogP contribution in [0.5, 0.6) is 0 Å². The molecule has 1 aromatic rings. The van der Waals surface area contributed by atoms with Crippen LogP contribution < -0.4 is 0 Å². The number of aliphatic hydroxyl groups is 1. The molecule has 2 heterocycles. The number of hydrogen-bond acceptors (Lipinski definition) is 5. The second-order valence-electron chi connectivity index (χ2n) is 9.98. The van der Waals surface area contributed by atoms with Crippen molar-refractivity contribution < 1.29 is 28.6 Å². The number of amides is 3. The minimum atomic E-state index is -0.740. The van der Waals surface area contributed by atoms with E-state index in [4.69, 9.17) is 16.3 Å². The maximum absolute atomic E-state index is 13.6. The first-order chi connectivity index (χ1) is 17.2. The standard InChI is InChI=1S/C26H29ClFN3O5/c1-14-22(32)26(35)30-20(25(34)31(23(30)16-6-7-16)21-11-17(21)13-36-2)4-3-9-29(24(14)33)12-15-5-8-19(28)18(27)10-15/h4-5,8,10,16-17,21,23,32H,3,6-7,9,11-13H2,1-2H3/b20-4+,22-14-/t17-,21-,23?/m0/s1. The van der Waals surface area contributed by atoms with Crippen LogP contribution in [0.3, 0.4) is 0 Å². The largest absolute Gasteiger partial charge is 0.503 e. The van der Waals surface area contributed by atoms with Crippen molar-refractivity contribution in [1.29, 1.82) is 0 Å². The fourth-order valence-corrected chi connectivity index (χ4v) is 5.47. The van der Waals surface area contributed by atoms with E-state index in [-0.39, 0.29) is 53.2 Å². The van der Waals surface area contributed by atoms with E-state index in [0.29, 0.717) is 18.6 Å². The number of halogens is 2. The van der Waals surface area contributed by atoms with Gasteiger partial charge >= 0.3 is 0 Å². The van der Waals surface area contributed by atoms with Gasteiger partial charge in [0.1, 0.15) is 17.7 Å². The molecule has 8 nitrogen and oxygen atoms in total. The molecule has 0 spiro atoms. The van der Waals surface area contributed by atoms with Crippen LogP contribution in [-0.4, -0.2) is 70.0 Å². The highest BCUT2D eigenvalue weighted by molar-refractivity contribution is 6.30. The van der Waals surface area contributed by atoms with Crippen LogP contribution in [0.1, 0.15) is 38.2 Å². The first-order valence-electron chi connectivity index (χ1n) is 12.2. The summed E-state index contributed by atoms with van der Waals surface area (Å²) in [5, 5.41) is 10.9. The van der Waals surface area contributed by atoms with E-state index in [1.54, 1.807) is 18.1 Å². The van der Waals surface area contributed by atoms with Gasteiger partial charge in [-0.3, -0.25) is 19.3 Å². The number of ether oxygens (including phenoxy) is 1. The lowest BCUT2D eigenvalue weighted by Crippen LogP contribution is -2.46. The van der Waals surface area contributed by atoms with Gasteiger partial charge in [0.25, 0.3) is 17.7 Å². The van der Waals surface area contributed by atoms with E-state index < -0.39 is 29.6 Å². The molecule has 1 N–H and O–H groups in total. The van der Waals surface area contributed by atoms with Gasteiger partial charge < -0.3 is 19.6 Å². The van der Waals surface area contributed by atoms with Crippen LogP contribution in [0.2, 0.25) is 5.02 Å². The number of nitrogens with zero attached hydrogens (tertiary/aromatic N) is 3. The van der Waals surface area contributed by atoms with Crippen LogP contribution >= 0.6 is 11.6 Å². The summed E-state index contributed by atoms with van der Waals surface area (Å²) in [5.41, 5.74) is 0.756. The van der Waals surface area contributed by atoms with Gasteiger partial charge in [-0.15, -0.1) is 0 Å². The Morgan fingerprint density at radius 3 is 2.58 bits per heavy atom. The number of hydrogen-bond donors (Lipinski definition) is 1. The summed E-state index contributed by atoms with van der Waals surface area (Å²) in [4.78, 5) is 45.1. The maximum Gasteiger partial charge on any atom is 0.295 e. The van der Waals surface area contributed by atoms with Gasteiger partial charge in [-0.1, -0.05) is 23.7 Å². The molecule has 36 heavy (non-hydrogen) atoms. The third-order valence-electron chi connectivity index (χ3n) is 7.41. The molecule has 1 saturated heterocycles. The van der Waals surface area contributed by atoms with Crippen molar-refractivity contribution in [3.8, 4) is 0 Å². The summed E-state index contributed by atoms with van der Waals surface area (Å²) < 4.78 is 18.9. The Bertz CT molecular complexity index is 1180. The average Bonchev–Trinajstić information content (AvgIpc) is 3.78. The van der Waals surface area contributed by atoms with Gasteiger partial charge in [-0.25, -0.2) is 4.39 Å². The normalized spacial score (nSPS) is 30.4. The number of carbonyl (C=O) groups is 3. The van der Waals surface area contributed by atoms with Crippen LogP contribution in [0.15, 0.2) is 41.3 Å². The fraction of sp³-hybridized carbons (Fsp3) is 0.500. The van der Waals surface area contributed by atoms with Crippen molar-refractivity contribution in [2.75, 3.05) is 20.3 Å². The van der Waals surface area contributed by atoms with Crippen LogP contribution in [0, 0.1) is 17.7 Å². The monoisotopic (exact) mass is 517 g/mol. The summed E-state index contributed by atoms with van der Waals surface area (Å²) in [6, 6.07) is 4.19. The topological polar surface area (TPSA) is 90.4 Å². The van der Waals surface area contributed by atoms with Crippen molar-refractivity contribution >= 4 is 29.3 Å². The lowest BCUT2D eigenvalue weighted by molar-refractivity contribution is -0.134. The van der Waals surface area contributed by atoms with Gasteiger partial charge in [0.15, 0.2) is 5.76 Å². The Balaban J connectivity index is 1.47. The maximum atomic E-state index is 13.6. The van der Waals surface area contributed by atoms with E-state index in [9.17, 15) is 23.9 Å². The zero-order chi connectivity index (χ0) is 25.7. The number of carbonyl (C=O) groups excluding carboxylic acids is 3. The smallest absolute Gasteiger partial charge is 0.295 e. The third-order valence-corrected chi connectivity index (χ3v) is 7.70. The molecule has 1 aromatic carbocycles. The minimum absolute atomic E-state index is 0.0112. The van der Waals surface area contributed by atoms with Crippen molar-refractivity contribution in [3.63, 3.8) is 0 Å². The highest BCUT2D eigenvalue weighted by Gasteiger charge is 2.58. The summed E-state index contributed by atoms with van der Waals surface area (Å²) in [7, 11) is 1.63. The van der Waals surface area contributed by atoms with Crippen LogP contribution in [0.25, 0.3) is 0 Å². The summed E-state index contributed by atoms with van der Waals surface area (Å²) >= 11 is 5.90. The average molecular weight is 518 g/mol. The zero-order valence-electron chi connectivity index (χ0n) is 20.2. The molecule has 0 aromatic heterocycles. The molecule has 4 aliphatic rings. The molecule has 192 valence electrons. The predicted molar refractivity (Wildman–Crippen MR) is 129 cm³/mol. The molecular weight excluding hydrogens is 489 g/mol. The van der Waals surface area contributed by atoms with Crippen LogP contribution in [-0.2, 0) is 25.7 Å². The SMILES string of the molecule is COC[C@@H]1C[C@@H]1N1C(=O)/C2=C\CCN(Cc3ccc(F)c(Cl)c3)C(=O)/C(C)=C(\O)C(=O)N2C1C1CC1. The second kappa shape index (κ2) is 9.52. The molecular formula is C26H29ClFN3O5. The van der Waals surface area contributed by atoms with E-state index in [1.165, 1.54) is 34.9 Å². The molecule has 3 amide bonds. The highest BCUT2D eigenvalue weighted by Crippen LogP contribution is 2.49. The third kappa shape index (κ3) is 4.39. The molecule has 10 heteroatoms. The molecule has 0 bridgehead atoms. The van der Waals surface area contributed by atoms with Gasteiger partial charge in [0, 0.05) is 32.2 Å². The Labute approximate surface area is 213 Å². The van der Waals surface area contributed by atoms with Gasteiger partial charge in [-0.05, 0) is 56.2 Å². The lowest BCUT2D eigenvalue weighted by Gasteiger charge is -2.31. The molecule has 3 fully saturated rings. The number of methoxy groups -OCH3 is 1. The van der Waals surface area contributed by atoms with E-state index in [0.717, 1.165) is 19.3 Å². The first kappa shape index (κ1) is 24.8. The lowest BCUT2D eigenvalue weighted by atomic mass is 10.1. The summed E-state index contributed by atoms with van der Waals surface area (Å²) in [6.07, 6.45) is 4.15. The molecule has 2 aliphatic heterocycles. The molecule has 1 unspecified atom stereocenters. The highest BCUT2D eigenvalue weighted by atomic mass is 35.5. The van der Waals surface area contributed by atoms with E-state index in [1.807, 2.05) is 0 Å². The number of rotatable bonds is 6. The Hall–Kier alpha value is -2.91. The summed E-state index contributed by atoms with van der Waals surface area (Å²) in [6.45, 7) is 2.29. The molecule has 2 aliphatic carbocycles. The van der Waals surface area contributed by atoms with E-state index >= 15 is 0 Å². The number of benzene rings is 1. The Morgan fingerprint density at radius 1 is 1.17 bits per heavy atom. The second-order valence-corrected chi connectivity index (χ2v) is 10.4. The summed E-state index contributed by atoms with van der Waals surface area (Å²) in [5.74, 6) is -2.34. The van der Waals surface area contributed by atoms with Crippen molar-refractivity contribution in [2.24, 2.45) is 11.8 Å². The molecule has 0 radical (unpaired) electrons. The van der Waals surface area contributed by atoms with E-state index in [2.05, 4.69) is 0 Å². The first-order valence-corrected chi connectivity index (χ1v) is 12.6. The Kier molecular flexibility index (Phi) is 6.55. The number of aliphatic hydroxyl groups excluding tert-OH is 1. The Morgan fingerprint density at radius 2 is 1.92 bits per heavy atom. The zero-order valence-corrected chi connectivity index (χ0v) is 21.0. The van der Waals surface area contributed by atoms with Crippen molar-refractivity contribution in [3.05, 3.63) is 57.7 Å². The van der Waals surface area contributed by atoms with Gasteiger partial charge in [0.05, 0.1) is 17.2 Å². The van der Waals surface area contributed by atoms with Crippen molar-refractivity contribution in [1.82, 2.24) is 14.7 Å².